The van der Waals surface area contributed by atoms with Crippen molar-refractivity contribution in [2.24, 2.45) is 0 Å². The second-order valence-electron chi connectivity index (χ2n) is 3.96. The Morgan fingerprint density at radius 2 is 2.26 bits per heavy atom. The van der Waals surface area contributed by atoms with Crippen molar-refractivity contribution in [1.29, 1.82) is 0 Å². The first-order valence-electron chi connectivity index (χ1n) is 5.36. The highest BCUT2D eigenvalue weighted by Gasteiger charge is 2.23. The number of nitrogens with two attached hydrogens (primary N) is 1. The van der Waals surface area contributed by atoms with E-state index in [2.05, 4.69) is 31.4 Å². The number of aromatic nitrogens is 3. The van der Waals surface area contributed by atoms with E-state index in [0.29, 0.717) is 28.1 Å². The first kappa shape index (κ1) is 12.3. The average Bonchev–Trinajstić information content (AvgIpc) is 2.95. The lowest BCUT2D eigenvalue weighted by Crippen LogP contribution is -2.33. The molecule has 6 nitrogen and oxygen atoms in total. The molecule has 1 aliphatic rings. The molecule has 0 saturated heterocycles. The Labute approximate surface area is 115 Å². The average molecular weight is 331 g/mol. The van der Waals surface area contributed by atoms with E-state index in [4.69, 9.17) is 5.73 Å². The molecule has 0 spiro atoms. The summed E-state index contributed by atoms with van der Waals surface area (Å²) in [4.78, 5) is 3.92. The van der Waals surface area contributed by atoms with Gasteiger partial charge in [-0.3, -0.25) is 5.01 Å². The van der Waals surface area contributed by atoms with Gasteiger partial charge in [-0.05, 0) is 27.6 Å². The van der Waals surface area contributed by atoms with Crippen LogP contribution in [0, 0.1) is 0 Å². The van der Waals surface area contributed by atoms with E-state index in [1.54, 1.807) is 10.6 Å². The van der Waals surface area contributed by atoms with Crippen molar-refractivity contribution in [1.82, 2.24) is 25.0 Å². The summed E-state index contributed by atoms with van der Waals surface area (Å²) in [6.07, 6.45) is 2.70. The van der Waals surface area contributed by atoms with Crippen molar-refractivity contribution in [2.75, 3.05) is 12.3 Å². The molecule has 100 valence electrons. The number of halogens is 3. The zero-order valence-electron chi connectivity index (χ0n) is 9.52. The van der Waals surface area contributed by atoms with Crippen LogP contribution in [0.2, 0.25) is 0 Å². The fourth-order valence-corrected chi connectivity index (χ4v) is 2.50. The highest BCUT2D eigenvalue weighted by molar-refractivity contribution is 9.10. The first-order valence-corrected chi connectivity index (χ1v) is 6.16. The number of anilines is 1. The Morgan fingerprint density at radius 3 is 2.95 bits per heavy atom. The normalized spacial score (nSPS) is 15.6. The summed E-state index contributed by atoms with van der Waals surface area (Å²) in [6.45, 7) is -2.30. The van der Waals surface area contributed by atoms with Crippen LogP contribution in [0.15, 0.2) is 23.2 Å². The van der Waals surface area contributed by atoms with Gasteiger partial charge in [0.15, 0.2) is 5.82 Å². The van der Waals surface area contributed by atoms with Crippen molar-refractivity contribution < 1.29 is 8.78 Å². The van der Waals surface area contributed by atoms with Gasteiger partial charge in [0.1, 0.15) is 16.4 Å². The van der Waals surface area contributed by atoms with Crippen molar-refractivity contribution >= 4 is 32.8 Å². The van der Waals surface area contributed by atoms with Crippen LogP contribution in [0.1, 0.15) is 5.56 Å². The molecular weight excluding hydrogens is 322 g/mol. The fraction of sp³-hybridized carbons (Fsp3) is 0.200. The number of fused-ring (bicyclic) bond motifs is 1. The van der Waals surface area contributed by atoms with Gasteiger partial charge < -0.3 is 5.73 Å². The van der Waals surface area contributed by atoms with E-state index in [1.165, 1.54) is 12.5 Å². The maximum absolute atomic E-state index is 12.6. The minimum atomic E-state index is -2.59. The molecule has 3 rings (SSSR count). The lowest BCUT2D eigenvalue weighted by atomic mass is 10.1. The number of rotatable bonds is 2. The van der Waals surface area contributed by atoms with Gasteiger partial charge in [-0.15, -0.1) is 0 Å². The first-order chi connectivity index (χ1) is 9.08. The molecule has 2 aromatic rings. The van der Waals surface area contributed by atoms with Gasteiger partial charge in [0.05, 0.1) is 0 Å². The summed E-state index contributed by atoms with van der Waals surface area (Å²) in [7, 11) is 0. The molecular formula is C10H9BrF2N6. The van der Waals surface area contributed by atoms with E-state index in [9.17, 15) is 8.78 Å². The minimum absolute atomic E-state index is 0.296. The summed E-state index contributed by atoms with van der Waals surface area (Å²) < 4.78 is 27.4. The summed E-state index contributed by atoms with van der Waals surface area (Å²) >= 11 is 3.35. The minimum Gasteiger partial charge on any atom is -0.382 e. The predicted molar refractivity (Wildman–Crippen MR) is 68.9 cm³/mol. The van der Waals surface area contributed by atoms with Crippen molar-refractivity contribution in [3.63, 3.8) is 0 Å². The van der Waals surface area contributed by atoms with Gasteiger partial charge >= 0.3 is 6.55 Å². The van der Waals surface area contributed by atoms with Gasteiger partial charge in [-0.2, -0.15) is 13.9 Å². The highest BCUT2D eigenvalue weighted by Crippen LogP contribution is 2.31. The van der Waals surface area contributed by atoms with Crippen LogP contribution in [0.4, 0.5) is 14.6 Å². The third-order valence-electron chi connectivity index (χ3n) is 2.84. The quantitative estimate of drug-likeness (QED) is 0.816. The number of hydrazine groups is 1. The molecule has 0 aromatic carbocycles. The van der Waals surface area contributed by atoms with Crippen LogP contribution in [-0.2, 0) is 0 Å². The van der Waals surface area contributed by atoms with Crippen LogP contribution < -0.4 is 11.2 Å². The molecule has 0 radical (unpaired) electrons. The van der Waals surface area contributed by atoms with Gasteiger partial charge in [-0.25, -0.2) is 14.9 Å². The largest absolute Gasteiger partial charge is 0.382 e. The summed E-state index contributed by atoms with van der Waals surface area (Å²) in [6, 6.07) is 1.78. The zero-order valence-corrected chi connectivity index (χ0v) is 11.1. The Bertz CT molecular complexity index is 667. The van der Waals surface area contributed by atoms with E-state index in [1.807, 2.05) is 0 Å². The third-order valence-corrected chi connectivity index (χ3v) is 3.41. The van der Waals surface area contributed by atoms with E-state index in [-0.39, 0.29) is 0 Å². The molecule has 0 bridgehead atoms. The Hall–Kier alpha value is -1.74. The maximum atomic E-state index is 12.6. The number of alkyl halides is 2. The number of nitrogens with zero attached hydrogens (tertiary/aromatic N) is 4. The number of nitrogen functional groups attached to an aromatic ring is 1. The number of hydrogen-bond acceptors (Lipinski definition) is 5. The number of nitrogens with one attached hydrogen (secondary N) is 1. The smallest absolute Gasteiger partial charge is 0.327 e. The molecule has 1 aliphatic heterocycles. The van der Waals surface area contributed by atoms with Crippen LogP contribution in [-0.4, -0.2) is 32.7 Å². The van der Waals surface area contributed by atoms with Gasteiger partial charge in [0, 0.05) is 18.3 Å². The molecule has 0 unspecified atom stereocenters. The van der Waals surface area contributed by atoms with Crippen LogP contribution in [0.25, 0.3) is 11.1 Å². The molecule has 0 atom stereocenters. The molecule has 19 heavy (non-hydrogen) atoms. The fourth-order valence-electron chi connectivity index (χ4n) is 2.00. The van der Waals surface area contributed by atoms with E-state index in [0.717, 1.165) is 10.6 Å². The summed E-state index contributed by atoms with van der Waals surface area (Å²) in [5, 5.41) is 4.81. The van der Waals surface area contributed by atoms with Crippen molar-refractivity contribution in [3.8, 4) is 0 Å². The molecule has 3 heterocycles. The van der Waals surface area contributed by atoms with Crippen LogP contribution in [0.5, 0.6) is 0 Å². The highest BCUT2D eigenvalue weighted by atomic mass is 79.9. The molecule has 2 aromatic heterocycles. The Morgan fingerprint density at radius 1 is 1.47 bits per heavy atom. The zero-order chi connectivity index (χ0) is 13.6. The topological polar surface area (TPSA) is 71.5 Å². The second-order valence-corrected chi connectivity index (χ2v) is 4.77. The van der Waals surface area contributed by atoms with Crippen LogP contribution in [0.3, 0.4) is 0 Å². The second kappa shape index (κ2) is 4.42. The maximum Gasteiger partial charge on any atom is 0.327 e. The molecule has 0 saturated carbocycles. The van der Waals surface area contributed by atoms with Crippen molar-refractivity contribution in [2.45, 2.75) is 6.55 Å². The Balaban J connectivity index is 2.14. The van der Waals surface area contributed by atoms with E-state index < -0.39 is 6.55 Å². The monoisotopic (exact) mass is 330 g/mol. The predicted octanol–water partition coefficient (Wildman–Crippen LogP) is 1.46. The summed E-state index contributed by atoms with van der Waals surface area (Å²) in [5.74, 6) is 0.298. The molecule has 0 fully saturated rings. The lowest BCUT2D eigenvalue weighted by Gasteiger charge is -2.12. The van der Waals surface area contributed by atoms with E-state index >= 15 is 0 Å². The third kappa shape index (κ3) is 1.94. The lowest BCUT2D eigenvalue weighted by molar-refractivity contribution is -0.0170. The van der Waals surface area contributed by atoms with Gasteiger partial charge in [0.25, 0.3) is 0 Å². The standard InChI is InChI=1S/C10H9BrF2N6/c11-7-1-6(5-2-16-18(3-5)10(12)13)8-9(14)15-4-17-19(7)8/h1,3-4,10,16H,2H2,(H2,14,15,17). The molecule has 9 heteroatoms. The van der Waals surface area contributed by atoms with Gasteiger partial charge in [0.2, 0.25) is 0 Å². The Kier molecular flexibility index (Phi) is 2.86. The SMILES string of the molecule is Nc1ncnn2c(Br)cc(C3=CN(C(F)F)NC3)c12. The molecule has 3 N–H and O–H groups in total. The molecule has 0 aliphatic carbocycles. The van der Waals surface area contributed by atoms with Crippen molar-refractivity contribution in [3.05, 3.63) is 28.8 Å². The number of hydrogen-bond donors (Lipinski definition) is 2. The van der Waals surface area contributed by atoms with Crippen LogP contribution >= 0.6 is 15.9 Å². The molecule has 0 amide bonds. The summed E-state index contributed by atoms with van der Waals surface area (Å²) in [5.41, 5.74) is 10.4. The van der Waals surface area contributed by atoms with Gasteiger partial charge in [-0.1, -0.05) is 0 Å².